The third kappa shape index (κ3) is 4.79. The van der Waals surface area contributed by atoms with E-state index < -0.39 is 6.09 Å². The van der Waals surface area contributed by atoms with Gasteiger partial charge in [-0.2, -0.15) is 0 Å². The molecule has 0 atom stereocenters. The molecule has 2 aromatic rings. The second kappa shape index (κ2) is 8.50. The lowest BCUT2D eigenvalue weighted by Crippen LogP contribution is -2.22. The van der Waals surface area contributed by atoms with Crippen LogP contribution in [0.3, 0.4) is 0 Å². The lowest BCUT2D eigenvalue weighted by Gasteiger charge is -2.23. The van der Waals surface area contributed by atoms with Gasteiger partial charge in [0.15, 0.2) is 0 Å². The largest absolute Gasteiger partial charge is 0.465 e. The van der Waals surface area contributed by atoms with Crippen molar-refractivity contribution in [3.8, 4) is 11.8 Å². The van der Waals surface area contributed by atoms with Crippen LogP contribution in [0.25, 0.3) is 10.8 Å². The number of nitrogens with one attached hydrogen (secondary N) is 1. The van der Waals surface area contributed by atoms with Crippen LogP contribution < -0.4 is 10.2 Å². The van der Waals surface area contributed by atoms with Gasteiger partial charge in [-0.05, 0) is 24.5 Å². The van der Waals surface area contributed by atoms with Crippen LogP contribution >= 0.6 is 0 Å². The predicted molar refractivity (Wildman–Crippen MR) is 94.8 cm³/mol. The average molecular weight is 308 g/mol. The Hall–Kier alpha value is -2.93. The van der Waals surface area contributed by atoms with Crippen molar-refractivity contribution < 1.29 is 9.90 Å². The van der Waals surface area contributed by atoms with Crippen molar-refractivity contribution in [2.24, 2.45) is 0 Å². The van der Waals surface area contributed by atoms with E-state index in [4.69, 9.17) is 5.11 Å². The number of allylic oxidation sites excluding steroid dienone is 1. The average Bonchev–Trinajstić information content (AvgIpc) is 2.57. The van der Waals surface area contributed by atoms with Crippen LogP contribution in [-0.2, 0) is 0 Å². The number of anilines is 1. The first-order valence-corrected chi connectivity index (χ1v) is 7.55. The highest BCUT2D eigenvalue weighted by atomic mass is 16.4. The van der Waals surface area contributed by atoms with Crippen molar-refractivity contribution in [3.05, 3.63) is 54.6 Å². The van der Waals surface area contributed by atoms with Crippen LogP contribution in [0, 0.1) is 11.8 Å². The van der Waals surface area contributed by atoms with E-state index >= 15 is 0 Å². The highest BCUT2D eigenvalue weighted by Crippen LogP contribution is 2.26. The molecule has 4 heteroatoms. The summed E-state index contributed by atoms with van der Waals surface area (Å²) in [7, 11) is 0. The zero-order chi connectivity index (χ0) is 16.5. The molecule has 0 saturated carbocycles. The van der Waals surface area contributed by atoms with Gasteiger partial charge in [-0.3, -0.25) is 0 Å². The van der Waals surface area contributed by atoms with Crippen molar-refractivity contribution in [2.75, 3.05) is 24.5 Å². The van der Waals surface area contributed by atoms with Crippen LogP contribution in [0.4, 0.5) is 10.5 Å². The Kier molecular flexibility index (Phi) is 6.07. The summed E-state index contributed by atoms with van der Waals surface area (Å²) in [5.74, 6) is 5.56. The van der Waals surface area contributed by atoms with Crippen LogP contribution in [-0.4, -0.2) is 30.8 Å². The maximum Gasteiger partial charge on any atom is 0.405 e. The van der Waals surface area contributed by atoms with Crippen LogP contribution in [0.5, 0.6) is 0 Å². The van der Waals surface area contributed by atoms with Gasteiger partial charge in [-0.1, -0.05) is 54.3 Å². The summed E-state index contributed by atoms with van der Waals surface area (Å²) in [4.78, 5) is 12.6. The van der Waals surface area contributed by atoms with E-state index in [0.29, 0.717) is 0 Å². The van der Waals surface area contributed by atoms with Gasteiger partial charge < -0.3 is 15.3 Å². The minimum Gasteiger partial charge on any atom is -0.465 e. The van der Waals surface area contributed by atoms with Gasteiger partial charge in [-0.15, -0.1) is 0 Å². The van der Waals surface area contributed by atoms with Crippen LogP contribution in [0.2, 0.25) is 0 Å². The molecule has 0 radical (unpaired) electrons. The van der Waals surface area contributed by atoms with E-state index in [1.54, 1.807) is 6.08 Å². The van der Waals surface area contributed by atoms with Crippen molar-refractivity contribution in [1.29, 1.82) is 0 Å². The summed E-state index contributed by atoms with van der Waals surface area (Å²) in [6.07, 6.45) is 2.69. The third-order valence-electron chi connectivity index (χ3n) is 3.45. The Balaban J connectivity index is 2.03. The molecular weight excluding hydrogens is 288 g/mol. The SMILES string of the molecule is CCN(CC=CC#CCNC(=O)O)c1cccc2ccccc12. The zero-order valence-corrected chi connectivity index (χ0v) is 13.1. The normalized spacial score (nSPS) is 10.3. The Labute approximate surface area is 136 Å². The molecule has 0 bridgehead atoms. The molecule has 2 rings (SSSR count). The van der Waals surface area contributed by atoms with Gasteiger partial charge in [0.2, 0.25) is 0 Å². The molecule has 4 nitrogen and oxygen atoms in total. The molecule has 0 aliphatic heterocycles. The predicted octanol–water partition coefficient (Wildman–Crippen LogP) is 3.49. The number of amides is 1. The molecule has 0 aromatic heterocycles. The second-order valence-corrected chi connectivity index (χ2v) is 4.92. The van der Waals surface area contributed by atoms with Gasteiger partial charge >= 0.3 is 6.09 Å². The van der Waals surface area contributed by atoms with E-state index in [9.17, 15) is 4.79 Å². The zero-order valence-electron chi connectivity index (χ0n) is 13.1. The molecule has 0 spiro atoms. The summed E-state index contributed by atoms with van der Waals surface area (Å²) in [5, 5.41) is 13.1. The van der Waals surface area contributed by atoms with Crippen molar-refractivity contribution in [2.45, 2.75) is 6.92 Å². The molecule has 2 aromatic carbocycles. The fraction of sp³-hybridized carbons (Fsp3) is 0.211. The van der Waals surface area contributed by atoms with Gasteiger partial charge in [0, 0.05) is 24.2 Å². The molecule has 0 fully saturated rings. The molecular formula is C19H20N2O2. The molecule has 2 N–H and O–H groups in total. The highest BCUT2D eigenvalue weighted by molar-refractivity contribution is 5.94. The van der Waals surface area contributed by atoms with E-state index in [2.05, 4.69) is 65.4 Å². The number of hydrogen-bond donors (Lipinski definition) is 2. The number of hydrogen-bond acceptors (Lipinski definition) is 2. The monoisotopic (exact) mass is 308 g/mol. The quantitative estimate of drug-likeness (QED) is 0.831. The number of fused-ring (bicyclic) bond motifs is 1. The van der Waals surface area contributed by atoms with Crippen LogP contribution in [0.1, 0.15) is 6.92 Å². The lowest BCUT2D eigenvalue weighted by atomic mass is 10.1. The number of benzene rings is 2. The van der Waals surface area contributed by atoms with Gasteiger partial charge in [-0.25, -0.2) is 4.79 Å². The molecule has 23 heavy (non-hydrogen) atoms. The Morgan fingerprint density at radius 3 is 2.83 bits per heavy atom. The third-order valence-corrected chi connectivity index (χ3v) is 3.45. The molecule has 0 heterocycles. The fourth-order valence-electron chi connectivity index (χ4n) is 2.35. The second-order valence-electron chi connectivity index (χ2n) is 4.92. The van der Waals surface area contributed by atoms with E-state index in [1.807, 2.05) is 12.1 Å². The Morgan fingerprint density at radius 2 is 2.04 bits per heavy atom. The Morgan fingerprint density at radius 1 is 1.26 bits per heavy atom. The standard InChI is InChI=1S/C19H20N2O2/c1-2-21(15-8-4-3-7-14-20-19(22)23)18-13-9-11-16-10-5-6-12-17(16)18/h4-6,8-13,20H,2,14-15H2,1H3,(H,22,23). The van der Waals surface area contributed by atoms with Gasteiger partial charge in [0.1, 0.15) is 0 Å². The molecule has 1 amide bonds. The maximum absolute atomic E-state index is 10.3. The van der Waals surface area contributed by atoms with Crippen molar-refractivity contribution in [3.63, 3.8) is 0 Å². The highest BCUT2D eigenvalue weighted by Gasteiger charge is 2.06. The molecule has 0 unspecified atom stereocenters. The van der Waals surface area contributed by atoms with E-state index in [0.717, 1.165) is 13.1 Å². The van der Waals surface area contributed by atoms with Crippen LogP contribution in [0.15, 0.2) is 54.6 Å². The summed E-state index contributed by atoms with van der Waals surface area (Å²) in [6, 6.07) is 14.7. The smallest absolute Gasteiger partial charge is 0.405 e. The van der Waals surface area contributed by atoms with Crippen molar-refractivity contribution in [1.82, 2.24) is 5.32 Å². The fourth-order valence-corrected chi connectivity index (χ4v) is 2.35. The van der Waals surface area contributed by atoms with Crippen molar-refractivity contribution >= 4 is 22.6 Å². The molecule has 0 aliphatic rings. The van der Waals surface area contributed by atoms with E-state index in [-0.39, 0.29) is 6.54 Å². The van der Waals surface area contributed by atoms with E-state index in [1.165, 1.54) is 16.5 Å². The first-order chi connectivity index (χ1) is 11.2. The number of likely N-dealkylation sites (N-methyl/N-ethyl adjacent to an activating group) is 1. The lowest BCUT2D eigenvalue weighted by molar-refractivity contribution is 0.196. The maximum atomic E-state index is 10.3. The topological polar surface area (TPSA) is 52.6 Å². The minimum atomic E-state index is -1.06. The number of nitrogens with zero attached hydrogens (tertiary/aromatic N) is 1. The summed E-state index contributed by atoms with van der Waals surface area (Å²) in [5.41, 5.74) is 1.20. The summed E-state index contributed by atoms with van der Waals surface area (Å²) >= 11 is 0. The van der Waals surface area contributed by atoms with Gasteiger partial charge in [0.25, 0.3) is 0 Å². The molecule has 118 valence electrons. The number of carbonyl (C=O) groups is 1. The summed E-state index contributed by atoms with van der Waals surface area (Å²) in [6.45, 7) is 3.91. The molecule has 0 saturated heterocycles. The Bertz CT molecular complexity index is 751. The first kappa shape index (κ1) is 16.4. The minimum absolute atomic E-state index is 0.139. The van der Waals surface area contributed by atoms with Gasteiger partial charge in [0.05, 0.1) is 6.54 Å². The molecule has 0 aliphatic carbocycles. The summed E-state index contributed by atoms with van der Waals surface area (Å²) < 4.78 is 0. The number of carboxylic acid groups (broad SMARTS) is 1. The number of rotatable bonds is 5. The first-order valence-electron chi connectivity index (χ1n) is 7.55.